The predicted octanol–water partition coefficient (Wildman–Crippen LogP) is 0.939. The van der Waals surface area contributed by atoms with Crippen LogP contribution < -0.4 is 5.32 Å². The molecule has 4 nitrogen and oxygen atoms in total. The molecule has 1 heterocycles. The van der Waals surface area contributed by atoms with Crippen LogP contribution in [0.15, 0.2) is 30.3 Å². The van der Waals surface area contributed by atoms with Crippen LogP contribution in [-0.2, 0) is 11.3 Å². The highest BCUT2D eigenvalue weighted by Gasteiger charge is 2.23. The summed E-state index contributed by atoms with van der Waals surface area (Å²) < 4.78 is 0. The van der Waals surface area contributed by atoms with Gasteiger partial charge in [0.15, 0.2) is 0 Å². The molecule has 1 amide bonds. The summed E-state index contributed by atoms with van der Waals surface area (Å²) in [5, 5.41) is 3.01. The summed E-state index contributed by atoms with van der Waals surface area (Å²) in [5.41, 5.74) is 1.34. The van der Waals surface area contributed by atoms with Crippen molar-refractivity contribution in [3.05, 3.63) is 35.9 Å². The molecule has 1 aromatic rings. The highest BCUT2D eigenvalue weighted by atomic mass is 16.2. The number of hydrogen-bond donors (Lipinski definition) is 1. The topological polar surface area (TPSA) is 35.6 Å². The van der Waals surface area contributed by atoms with E-state index in [0.29, 0.717) is 0 Å². The molecule has 1 fully saturated rings. The van der Waals surface area contributed by atoms with Crippen LogP contribution in [0.1, 0.15) is 12.5 Å². The summed E-state index contributed by atoms with van der Waals surface area (Å²) in [6, 6.07) is 10.4. The van der Waals surface area contributed by atoms with Crippen LogP contribution in [0.5, 0.6) is 0 Å². The lowest BCUT2D eigenvalue weighted by molar-refractivity contribution is -0.134. The molecule has 0 saturated carbocycles. The molecule has 1 saturated heterocycles. The zero-order valence-corrected chi connectivity index (χ0v) is 11.8. The molecule has 0 radical (unpaired) electrons. The number of nitrogens with zero attached hydrogens (tertiary/aromatic N) is 2. The van der Waals surface area contributed by atoms with Crippen molar-refractivity contribution in [3.8, 4) is 0 Å². The van der Waals surface area contributed by atoms with Gasteiger partial charge < -0.3 is 10.2 Å². The second-order valence-electron chi connectivity index (χ2n) is 5.10. The Hall–Kier alpha value is -1.39. The van der Waals surface area contributed by atoms with Gasteiger partial charge in [-0.15, -0.1) is 0 Å². The van der Waals surface area contributed by atoms with E-state index in [0.717, 1.165) is 32.7 Å². The van der Waals surface area contributed by atoms with Crippen LogP contribution in [0.3, 0.4) is 0 Å². The van der Waals surface area contributed by atoms with E-state index in [1.165, 1.54) is 5.56 Å². The lowest BCUT2D eigenvalue weighted by Crippen LogP contribution is -2.52. The first kappa shape index (κ1) is 14.0. The third-order valence-electron chi connectivity index (χ3n) is 3.74. The summed E-state index contributed by atoms with van der Waals surface area (Å²) in [5.74, 6) is 0.210. The molecule has 1 atom stereocenters. The zero-order valence-electron chi connectivity index (χ0n) is 11.8. The number of rotatable bonds is 4. The molecule has 1 aliphatic rings. The van der Waals surface area contributed by atoms with E-state index in [1.807, 2.05) is 24.9 Å². The molecule has 1 aliphatic heterocycles. The second-order valence-corrected chi connectivity index (χ2v) is 5.10. The normalized spacial score (nSPS) is 18.3. The first-order chi connectivity index (χ1) is 9.20. The van der Waals surface area contributed by atoms with Crippen molar-refractivity contribution in [1.29, 1.82) is 0 Å². The van der Waals surface area contributed by atoms with Crippen LogP contribution in [-0.4, -0.2) is 55.0 Å². The number of benzene rings is 1. The Balaban J connectivity index is 1.81. The van der Waals surface area contributed by atoms with Crippen molar-refractivity contribution in [2.24, 2.45) is 0 Å². The Morgan fingerprint density at radius 1 is 1.21 bits per heavy atom. The highest BCUT2D eigenvalue weighted by molar-refractivity contribution is 5.81. The van der Waals surface area contributed by atoms with Gasteiger partial charge in [0, 0.05) is 32.7 Å². The van der Waals surface area contributed by atoms with E-state index in [9.17, 15) is 4.79 Å². The lowest BCUT2D eigenvalue weighted by atomic mass is 10.2. The van der Waals surface area contributed by atoms with Gasteiger partial charge in [0.1, 0.15) is 0 Å². The molecule has 4 heteroatoms. The SMILES string of the molecule is CN[C@H](C)C(=O)N1CCN(Cc2ccccc2)CC1. The van der Waals surface area contributed by atoms with E-state index < -0.39 is 0 Å². The molecule has 0 unspecified atom stereocenters. The van der Waals surface area contributed by atoms with Gasteiger partial charge in [-0.3, -0.25) is 9.69 Å². The highest BCUT2D eigenvalue weighted by Crippen LogP contribution is 2.09. The number of carbonyl (C=O) groups excluding carboxylic acids is 1. The van der Waals surface area contributed by atoms with Gasteiger partial charge in [-0.05, 0) is 19.5 Å². The van der Waals surface area contributed by atoms with Gasteiger partial charge in [0.05, 0.1) is 6.04 Å². The van der Waals surface area contributed by atoms with Gasteiger partial charge in [0.2, 0.25) is 5.91 Å². The Labute approximate surface area is 115 Å². The number of likely N-dealkylation sites (N-methyl/N-ethyl adjacent to an activating group) is 1. The Morgan fingerprint density at radius 3 is 2.42 bits per heavy atom. The standard InChI is InChI=1S/C15H23N3O/c1-13(16-2)15(19)18-10-8-17(9-11-18)12-14-6-4-3-5-7-14/h3-7,13,16H,8-12H2,1-2H3/t13-/m1/s1. The zero-order chi connectivity index (χ0) is 13.7. The van der Waals surface area contributed by atoms with Crippen LogP contribution in [0, 0.1) is 0 Å². The molecular weight excluding hydrogens is 238 g/mol. The minimum absolute atomic E-state index is 0.0827. The molecule has 0 bridgehead atoms. The third-order valence-corrected chi connectivity index (χ3v) is 3.74. The van der Waals surface area contributed by atoms with Crippen molar-refractivity contribution in [1.82, 2.24) is 15.1 Å². The quantitative estimate of drug-likeness (QED) is 0.876. The summed E-state index contributed by atoms with van der Waals surface area (Å²) in [6.45, 7) is 6.46. The minimum atomic E-state index is -0.0827. The molecule has 1 N–H and O–H groups in total. The van der Waals surface area contributed by atoms with Crippen LogP contribution in [0.25, 0.3) is 0 Å². The minimum Gasteiger partial charge on any atom is -0.339 e. The molecule has 0 aliphatic carbocycles. The monoisotopic (exact) mass is 261 g/mol. The number of carbonyl (C=O) groups is 1. The third kappa shape index (κ3) is 3.78. The van der Waals surface area contributed by atoms with E-state index >= 15 is 0 Å². The molecule has 1 aromatic carbocycles. The molecule has 2 rings (SSSR count). The van der Waals surface area contributed by atoms with Gasteiger partial charge in [-0.2, -0.15) is 0 Å². The Bertz CT molecular complexity index is 399. The van der Waals surface area contributed by atoms with Crippen molar-refractivity contribution < 1.29 is 4.79 Å². The number of piperazine rings is 1. The Morgan fingerprint density at radius 2 is 1.84 bits per heavy atom. The lowest BCUT2D eigenvalue weighted by Gasteiger charge is -2.35. The summed E-state index contributed by atoms with van der Waals surface area (Å²) in [7, 11) is 1.83. The summed E-state index contributed by atoms with van der Waals surface area (Å²) >= 11 is 0. The van der Waals surface area contributed by atoms with Crippen LogP contribution in [0.2, 0.25) is 0 Å². The Kier molecular flexibility index (Phi) is 4.93. The van der Waals surface area contributed by atoms with Crippen molar-refractivity contribution in [2.45, 2.75) is 19.5 Å². The van der Waals surface area contributed by atoms with Crippen molar-refractivity contribution in [3.63, 3.8) is 0 Å². The number of amides is 1. The average molecular weight is 261 g/mol. The summed E-state index contributed by atoms with van der Waals surface area (Å²) in [6.07, 6.45) is 0. The number of nitrogens with one attached hydrogen (secondary N) is 1. The second kappa shape index (κ2) is 6.68. The molecule has 0 spiro atoms. The predicted molar refractivity (Wildman–Crippen MR) is 76.8 cm³/mol. The van der Waals surface area contributed by atoms with Gasteiger partial charge in [-0.25, -0.2) is 0 Å². The maximum Gasteiger partial charge on any atom is 0.239 e. The largest absolute Gasteiger partial charge is 0.339 e. The van der Waals surface area contributed by atoms with E-state index in [1.54, 1.807) is 0 Å². The first-order valence-corrected chi connectivity index (χ1v) is 6.93. The van der Waals surface area contributed by atoms with E-state index in [2.05, 4.69) is 34.5 Å². The maximum absolute atomic E-state index is 12.0. The number of hydrogen-bond acceptors (Lipinski definition) is 3. The fourth-order valence-electron chi connectivity index (χ4n) is 2.37. The molecular formula is C15H23N3O. The smallest absolute Gasteiger partial charge is 0.239 e. The first-order valence-electron chi connectivity index (χ1n) is 6.93. The van der Waals surface area contributed by atoms with Crippen LogP contribution in [0.4, 0.5) is 0 Å². The van der Waals surface area contributed by atoms with Gasteiger partial charge >= 0.3 is 0 Å². The summed E-state index contributed by atoms with van der Waals surface area (Å²) in [4.78, 5) is 16.4. The van der Waals surface area contributed by atoms with E-state index in [-0.39, 0.29) is 11.9 Å². The van der Waals surface area contributed by atoms with Gasteiger partial charge in [-0.1, -0.05) is 30.3 Å². The molecule has 104 valence electrons. The van der Waals surface area contributed by atoms with E-state index in [4.69, 9.17) is 0 Å². The van der Waals surface area contributed by atoms with Crippen molar-refractivity contribution in [2.75, 3.05) is 33.2 Å². The molecule has 19 heavy (non-hydrogen) atoms. The maximum atomic E-state index is 12.0. The molecule has 0 aromatic heterocycles. The fourth-order valence-corrected chi connectivity index (χ4v) is 2.37. The van der Waals surface area contributed by atoms with Crippen molar-refractivity contribution >= 4 is 5.91 Å². The fraction of sp³-hybridized carbons (Fsp3) is 0.533. The van der Waals surface area contributed by atoms with Crippen LogP contribution >= 0.6 is 0 Å². The van der Waals surface area contributed by atoms with Gasteiger partial charge in [0.25, 0.3) is 0 Å². The average Bonchev–Trinajstić information content (AvgIpc) is 2.47.